The van der Waals surface area contributed by atoms with Crippen LogP contribution in [0, 0.1) is 17.8 Å². The van der Waals surface area contributed by atoms with Gasteiger partial charge in [-0.15, -0.1) is 0 Å². The van der Waals surface area contributed by atoms with Crippen molar-refractivity contribution in [2.75, 3.05) is 6.54 Å². The zero-order valence-electron chi connectivity index (χ0n) is 11.7. The standard InChI is InChI=1S/C15H23NO4/c17-14(13-10-5-1-2-6-11(10)13)16-8-9-4-3-7-12(20-9)15(18)19/h9-13H,1-8H2,(H,16,17)(H,18,19)/t9-,10-,11+,12+,13?/m1/s1. The Labute approximate surface area is 119 Å². The monoisotopic (exact) mass is 281 g/mol. The number of carbonyl (C=O) groups is 2. The SMILES string of the molecule is O=C(NC[C@H]1CCC[C@@H](C(=O)O)O1)C1[C@H]2CCCC[C@@H]12. The van der Waals surface area contributed by atoms with Gasteiger partial charge in [-0.1, -0.05) is 12.8 Å². The molecule has 112 valence electrons. The number of fused-ring (bicyclic) bond motifs is 1. The van der Waals surface area contributed by atoms with Crippen LogP contribution in [-0.2, 0) is 14.3 Å². The van der Waals surface area contributed by atoms with Crippen molar-refractivity contribution in [3.05, 3.63) is 0 Å². The summed E-state index contributed by atoms with van der Waals surface area (Å²) < 4.78 is 5.50. The van der Waals surface area contributed by atoms with Gasteiger partial charge in [0.2, 0.25) is 5.91 Å². The third-order valence-electron chi connectivity index (χ3n) is 5.09. The molecule has 3 fully saturated rings. The molecule has 2 aliphatic carbocycles. The first kappa shape index (κ1) is 13.9. The van der Waals surface area contributed by atoms with Crippen LogP contribution in [-0.4, -0.2) is 35.7 Å². The molecule has 1 amide bonds. The summed E-state index contributed by atoms with van der Waals surface area (Å²) in [6.45, 7) is 0.457. The Morgan fingerprint density at radius 1 is 1.05 bits per heavy atom. The van der Waals surface area contributed by atoms with Gasteiger partial charge in [0.05, 0.1) is 6.10 Å². The lowest BCUT2D eigenvalue weighted by atomic mass is 10.0. The lowest BCUT2D eigenvalue weighted by Crippen LogP contribution is -2.41. The molecule has 0 aromatic carbocycles. The predicted molar refractivity (Wildman–Crippen MR) is 72.1 cm³/mol. The first-order chi connectivity index (χ1) is 9.66. The number of hydrogen-bond acceptors (Lipinski definition) is 3. The molecule has 1 heterocycles. The number of hydrogen-bond donors (Lipinski definition) is 2. The molecule has 2 N–H and O–H groups in total. The Morgan fingerprint density at radius 3 is 2.40 bits per heavy atom. The van der Waals surface area contributed by atoms with E-state index < -0.39 is 12.1 Å². The van der Waals surface area contributed by atoms with Gasteiger partial charge in [-0.2, -0.15) is 0 Å². The summed E-state index contributed by atoms with van der Waals surface area (Å²) in [7, 11) is 0. The van der Waals surface area contributed by atoms with Crippen molar-refractivity contribution < 1.29 is 19.4 Å². The highest BCUT2D eigenvalue weighted by atomic mass is 16.5. The number of amides is 1. The normalized spacial score (nSPS) is 39.7. The summed E-state index contributed by atoms with van der Waals surface area (Å²) >= 11 is 0. The van der Waals surface area contributed by atoms with Gasteiger partial charge in [-0.05, 0) is 43.9 Å². The van der Waals surface area contributed by atoms with Gasteiger partial charge in [0.15, 0.2) is 6.10 Å². The minimum atomic E-state index is -0.894. The molecule has 0 aromatic rings. The number of rotatable bonds is 4. The second kappa shape index (κ2) is 5.72. The van der Waals surface area contributed by atoms with Crippen molar-refractivity contribution in [2.45, 2.75) is 57.2 Å². The highest BCUT2D eigenvalue weighted by molar-refractivity contribution is 5.82. The van der Waals surface area contributed by atoms with Gasteiger partial charge in [-0.25, -0.2) is 4.79 Å². The van der Waals surface area contributed by atoms with Gasteiger partial charge in [-0.3, -0.25) is 4.79 Å². The second-order valence-electron chi connectivity index (χ2n) is 6.40. The molecule has 0 aromatic heterocycles. The Balaban J connectivity index is 1.43. The Bertz CT molecular complexity index is 385. The average molecular weight is 281 g/mol. The fraction of sp³-hybridized carbons (Fsp3) is 0.867. The van der Waals surface area contributed by atoms with Crippen LogP contribution >= 0.6 is 0 Å². The van der Waals surface area contributed by atoms with Crippen LogP contribution in [0.5, 0.6) is 0 Å². The molecule has 5 nitrogen and oxygen atoms in total. The molecule has 3 aliphatic rings. The maximum Gasteiger partial charge on any atom is 0.332 e. The van der Waals surface area contributed by atoms with E-state index in [4.69, 9.17) is 9.84 Å². The van der Waals surface area contributed by atoms with Crippen molar-refractivity contribution in [3.63, 3.8) is 0 Å². The minimum Gasteiger partial charge on any atom is -0.479 e. The molecular formula is C15H23NO4. The molecule has 1 saturated heterocycles. The average Bonchev–Trinajstić information content (AvgIpc) is 3.19. The highest BCUT2D eigenvalue weighted by Gasteiger charge is 2.54. The van der Waals surface area contributed by atoms with Crippen LogP contribution in [0.25, 0.3) is 0 Å². The van der Waals surface area contributed by atoms with Crippen molar-refractivity contribution in [2.24, 2.45) is 17.8 Å². The van der Waals surface area contributed by atoms with Crippen LogP contribution in [0.15, 0.2) is 0 Å². The number of carboxylic acid groups (broad SMARTS) is 1. The van der Waals surface area contributed by atoms with E-state index in [1.165, 1.54) is 25.7 Å². The fourth-order valence-corrected chi connectivity index (χ4v) is 3.94. The van der Waals surface area contributed by atoms with E-state index in [2.05, 4.69) is 5.32 Å². The maximum atomic E-state index is 12.1. The molecule has 5 atom stereocenters. The van der Waals surface area contributed by atoms with E-state index in [0.717, 1.165) is 12.8 Å². The Hall–Kier alpha value is -1.10. The van der Waals surface area contributed by atoms with Crippen molar-refractivity contribution in [1.82, 2.24) is 5.32 Å². The Kier molecular flexibility index (Phi) is 3.96. The zero-order chi connectivity index (χ0) is 14.1. The number of carboxylic acids is 1. The molecular weight excluding hydrogens is 258 g/mol. The molecule has 0 radical (unpaired) electrons. The van der Waals surface area contributed by atoms with E-state index >= 15 is 0 Å². The van der Waals surface area contributed by atoms with Crippen molar-refractivity contribution in [1.29, 1.82) is 0 Å². The summed E-state index contributed by atoms with van der Waals surface area (Å²) in [5, 5.41) is 11.9. The largest absolute Gasteiger partial charge is 0.479 e. The Morgan fingerprint density at radius 2 is 1.75 bits per heavy atom. The zero-order valence-corrected chi connectivity index (χ0v) is 11.7. The molecule has 0 bridgehead atoms. The predicted octanol–water partition coefficient (Wildman–Crippen LogP) is 1.56. The number of carbonyl (C=O) groups excluding carboxylic acids is 1. The van der Waals surface area contributed by atoms with Crippen LogP contribution in [0.3, 0.4) is 0 Å². The van der Waals surface area contributed by atoms with Crippen molar-refractivity contribution >= 4 is 11.9 Å². The quantitative estimate of drug-likeness (QED) is 0.820. The van der Waals surface area contributed by atoms with Crippen LogP contribution in [0.4, 0.5) is 0 Å². The highest BCUT2D eigenvalue weighted by Crippen LogP contribution is 2.55. The number of aliphatic carboxylic acids is 1. The third kappa shape index (κ3) is 2.82. The lowest BCUT2D eigenvalue weighted by Gasteiger charge is -2.27. The fourth-order valence-electron chi connectivity index (χ4n) is 3.94. The summed E-state index contributed by atoms with van der Waals surface area (Å²) in [5.74, 6) is 0.708. The second-order valence-corrected chi connectivity index (χ2v) is 6.40. The topological polar surface area (TPSA) is 75.6 Å². The number of ether oxygens (including phenoxy) is 1. The van der Waals surface area contributed by atoms with E-state index in [1.807, 2.05) is 0 Å². The van der Waals surface area contributed by atoms with E-state index in [1.54, 1.807) is 0 Å². The van der Waals surface area contributed by atoms with Gasteiger partial charge in [0, 0.05) is 12.5 Å². The van der Waals surface area contributed by atoms with Gasteiger partial charge in [0.1, 0.15) is 0 Å². The van der Waals surface area contributed by atoms with Gasteiger partial charge < -0.3 is 15.2 Å². The molecule has 20 heavy (non-hydrogen) atoms. The molecule has 1 unspecified atom stereocenters. The first-order valence-corrected chi connectivity index (χ1v) is 7.83. The molecule has 1 aliphatic heterocycles. The van der Waals surface area contributed by atoms with E-state index in [0.29, 0.717) is 24.8 Å². The summed E-state index contributed by atoms with van der Waals surface area (Å²) in [6.07, 6.45) is 6.34. The minimum absolute atomic E-state index is 0.144. The summed E-state index contributed by atoms with van der Waals surface area (Å²) in [5.41, 5.74) is 0. The van der Waals surface area contributed by atoms with Crippen molar-refractivity contribution in [3.8, 4) is 0 Å². The van der Waals surface area contributed by atoms with E-state index in [9.17, 15) is 9.59 Å². The molecule has 5 heteroatoms. The third-order valence-corrected chi connectivity index (χ3v) is 5.09. The number of nitrogens with one attached hydrogen (secondary N) is 1. The molecule has 3 rings (SSSR count). The van der Waals surface area contributed by atoms with Crippen LogP contribution in [0.2, 0.25) is 0 Å². The first-order valence-electron chi connectivity index (χ1n) is 7.83. The summed E-state index contributed by atoms with van der Waals surface area (Å²) in [6, 6.07) is 0. The molecule has 0 spiro atoms. The summed E-state index contributed by atoms with van der Waals surface area (Å²) in [4.78, 5) is 23.1. The van der Waals surface area contributed by atoms with Crippen LogP contribution in [0.1, 0.15) is 44.9 Å². The van der Waals surface area contributed by atoms with Gasteiger partial charge >= 0.3 is 5.97 Å². The maximum absolute atomic E-state index is 12.1. The smallest absolute Gasteiger partial charge is 0.332 e. The van der Waals surface area contributed by atoms with Gasteiger partial charge in [0.25, 0.3) is 0 Å². The van der Waals surface area contributed by atoms with E-state index in [-0.39, 0.29) is 17.9 Å². The molecule has 2 saturated carbocycles. The van der Waals surface area contributed by atoms with Crippen LogP contribution < -0.4 is 5.32 Å². The lowest BCUT2D eigenvalue weighted by molar-refractivity contribution is -0.158.